The van der Waals surface area contributed by atoms with Gasteiger partial charge >= 0.3 is 10.2 Å². The Kier molecular flexibility index (Phi) is 12.5. The van der Waals surface area contributed by atoms with Crippen molar-refractivity contribution in [3.05, 3.63) is 119 Å². The molecule has 6 heterocycles. The summed E-state index contributed by atoms with van der Waals surface area (Å²) in [6, 6.07) is 17.5. The van der Waals surface area contributed by atoms with Gasteiger partial charge in [0.1, 0.15) is 35.5 Å². The van der Waals surface area contributed by atoms with Gasteiger partial charge in [-0.1, -0.05) is 18.7 Å². The van der Waals surface area contributed by atoms with E-state index >= 15 is 8.78 Å². The minimum Gasteiger partial charge on any atom is -0.490 e. The highest BCUT2D eigenvalue weighted by Crippen LogP contribution is 2.37. The molecule has 14 nitrogen and oxygen atoms in total. The molecular weight excluding hydrogens is 910 g/mol. The molecule has 3 aromatic carbocycles. The second kappa shape index (κ2) is 18.6. The Labute approximate surface area is 399 Å². The highest BCUT2D eigenvalue weighted by atomic mass is 32.2. The maximum absolute atomic E-state index is 15.8. The summed E-state index contributed by atoms with van der Waals surface area (Å²) in [7, 11) is -4.36. The maximum atomic E-state index is 15.8. The van der Waals surface area contributed by atoms with Crippen LogP contribution in [0.1, 0.15) is 90.6 Å². The number of amides is 2. The smallest absolute Gasteiger partial charge is 0.301 e. The number of halogens is 3. The number of aromatic amines is 1. The Morgan fingerprint density at radius 1 is 0.986 bits per heavy atom. The number of allylic oxidation sites excluding steroid dienone is 1. The molecule has 5 aliphatic rings. The number of hydrogen-bond donors (Lipinski definition) is 3. The number of H-pyrrole nitrogens is 1. The van der Waals surface area contributed by atoms with Crippen LogP contribution in [0.15, 0.2) is 85.3 Å². The molecule has 5 aromatic rings. The zero-order chi connectivity index (χ0) is 48.3. The number of aromatic nitrogens is 2. The molecule has 0 spiro atoms. The van der Waals surface area contributed by atoms with E-state index in [1.807, 2.05) is 35.1 Å². The summed E-state index contributed by atoms with van der Waals surface area (Å²) in [4.78, 5) is 53.7. The van der Waals surface area contributed by atoms with Crippen LogP contribution in [0, 0.1) is 17.6 Å². The number of ketones is 1. The third-order valence-electron chi connectivity index (χ3n) is 14.5. The Morgan fingerprint density at radius 3 is 2.46 bits per heavy atom. The summed E-state index contributed by atoms with van der Waals surface area (Å²) in [6.45, 7) is 11.1. The number of carbonyl (C=O) groups excluding carboxylic acids is 3. The van der Waals surface area contributed by atoms with Crippen molar-refractivity contribution in [1.82, 2.24) is 29.4 Å². The van der Waals surface area contributed by atoms with Crippen LogP contribution in [0.5, 0.6) is 5.75 Å². The maximum Gasteiger partial charge on any atom is 0.301 e. The lowest BCUT2D eigenvalue weighted by atomic mass is 9.85. The van der Waals surface area contributed by atoms with Gasteiger partial charge in [0, 0.05) is 110 Å². The Balaban J connectivity index is 0.730. The van der Waals surface area contributed by atoms with Crippen LogP contribution in [0.3, 0.4) is 0 Å². The number of hydrogen-bond acceptors (Lipinski definition) is 9. The first-order chi connectivity index (χ1) is 33.1. The molecule has 4 fully saturated rings. The molecule has 4 aliphatic heterocycles. The predicted molar refractivity (Wildman–Crippen MR) is 256 cm³/mol. The predicted octanol–water partition coefficient (Wildman–Crippen LogP) is 7.72. The summed E-state index contributed by atoms with van der Waals surface area (Å²) in [5, 5.41) is 3.13. The van der Waals surface area contributed by atoms with E-state index in [4.69, 9.17) is 4.74 Å². The molecule has 1 unspecified atom stereocenters. The number of piperidine rings is 2. The minimum absolute atomic E-state index is 0.00491. The van der Waals surface area contributed by atoms with E-state index in [1.54, 1.807) is 17.2 Å². The topological polar surface area (TPSA) is 160 Å². The third kappa shape index (κ3) is 9.21. The van der Waals surface area contributed by atoms with Gasteiger partial charge in [-0.05, 0) is 112 Å². The van der Waals surface area contributed by atoms with Crippen molar-refractivity contribution < 1.29 is 40.7 Å². The molecule has 2 aromatic heterocycles. The lowest BCUT2D eigenvalue weighted by molar-refractivity contribution is -0.126. The van der Waals surface area contributed by atoms with Gasteiger partial charge < -0.3 is 24.8 Å². The number of anilines is 2. The molecule has 2 atom stereocenters. The van der Waals surface area contributed by atoms with Crippen molar-refractivity contribution in [2.75, 3.05) is 42.3 Å². The molecular formula is C51H55F3N8O6S. The lowest BCUT2D eigenvalue weighted by Gasteiger charge is -2.46. The Bertz CT molecular complexity index is 2950. The number of alkyl halides is 1. The normalized spacial score (nSPS) is 22.4. The van der Waals surface area contributed by atoms with E-state index in [-0.39, 0.29) is 43.0 Å². The molecule has 69 heavy (non-hydrogen) atoms. The first kappa shape index (κ1) is 46.5. The molecule has 0 bridgehead atoms. The summed E-state index contributed by atoms with van der Waals surface area (Å²) in [5.41, 5.74) is 3.55. The van der Waals surface area contributed by atoms with Crippen LogP contribution in [-0.4, -0.2) is 113 Å². The molecule has 362 valence electrons. The van der Waals surface area contributed by atoms with Crippen molar-refractivity contribution in [2.24, 2.45) is 5.92 Å². The standard InChI is InChI=1S/C51H55F3N8O6S/c1-29(2)61(37-22-39(23-37)68-38-9-10-40-34(20-38)27-62(51(40)65)45-13-4-30(3)57-50(45)64)26-31-14-17-59(18-15-31)36-7-5-32(6-8-36)33-21-41-42(25-56-49(41)55-24-33)48(63)46-43(53)11-12-44(47(46)54)58-69(66,67)60-19-16-35(52)28-60/h5-12,20-21,24-25,29,31,35,37,39,45,58H,3-4,13-19,22-23,26-28H2,1-2H3,(H,55,56)(H,57,64)/t35-,37?,39?,45?/m1/s1. The van der Waals surface area contributed by atoms with Gasteiger partial charge in [-0.15, -0.1) is 0 Å². The van der Waals surface area contributed by atoms with Crippen LogP contribution in [0.2, 0.25) is 0 Å². The number of ether oxygens (including phenoxy) is 1. The molecule has 3 saturated heterocycles. The second-order valence-corrected chi connectivity index (χ2v) is 21.0. The highest BCUT2D eigenvalue weighted by Gasteiger charge is 2.41. The average molecular weight is 965 g/mol. The van der Waals surface area contributed by atoms with Crippen LogP contribution in [0.4, 0.5) is 24.5 Å². The summed E-state index contributed by atoms with van der Waals surface area (Å²) in [6.07, 6.45) is 6.93. The number of fused-ring (bicyclic) bond motifs is 2. The first-order valence-corrected chi connectivity index (χ1v) is 25.2. The van der Waals surface area contributed by atoms with Crippen LogP contribution in [0.25, 0.3) is 22.2 Å². The highest BCUT2D eigenvalue weighted by molar-refractivity contribution is 7.90. The molecule has 2 amide bonds. The number of rotatable bonds is 14. The van der Waals surface area contributed by atoms with Gasteiger partial charge in [-0.2, -0.15) is 12.7 Å². The van der Waals surface area contributed by atoms with E-state index in [0.29, 0.717) is 65.2 Å². The largest absolute Gasteiger partial charge is 0.490 e. The summed E-state index contributed by atoms with van der Waals surface area (Å²) < 4.78 is 79.7. The first-order valence-electron chi connectivity index (χ1n) is 23.7. The molecule has 0 radical (unpaired) electrons. The van der Waals surface area contributed by atoms with Gasteiger partial charge in [0.2, 0.25) is 11.7 Å². The van der Waals surface area contributed by atoms with Crippen molar-refractivity contribution in [1.29, 1.82) is 0 Å². The number of carbonyl (C=O) groups is 3. The minimum atomic E-state index is -4.36. The SMILES string of the molecule is C=C1CCC(N2Cc3cc(OC4CC(N(CC5CCN(c6ccc(-c7cnc8[nH]cc(C(=O)c9c(F)ccc(NS(=O)(=O)N%10CC[C@@H](F)C%10)c9F)c8c7)cc6)CC5)C(C)C)C4)ccc3C2=O)C(=O)N1. The molecule has 1 saturated carbocycles. The third-order valence-corrected chi connectivity index (χ3v) is 16.0. The fourth-order valence-electron chi connectivity index (χ4n) is 10.6. The number of nitrogens with zero attached hydrogens (tertiary/aromatic N) is 5. The molecule has 1 aliphatic carbocycles. The van der Waals surface area contributed by atoms with Crippen molar-refractivity contribution in [2.45, 2.75) is 95.7 Å². The zero-order valence-electron chi connectivity index (χ0n) is 38.5. The van der Waals surface area contributed by atoms with E-state index in [9.17, 15) is 27.2 Å². The second-order valence-electron chi connectivity index (χ2n) is 19.3. The van der Waals surface area contributed by atoms with Crippen LogP contribution < -0.4 is 19.7 Å². The zero-order valence-corrected chi connectivity index (χ0v) is 39.3. The van der Waals surface area contributed by atoms with Crippen LogP contribution in [-0.2, 0) is 21.5 Å². The summed E-state index contributed by atoms with van der Waals surface area (Å²) >= 11 is 0. The van der Waals surface area contributed by atoms with Crippen molar-refractivity contribution in [3.63, 3.8) is 0 Å². The Hall–Kier alpha value is -6.24. The fraction of sp³-hybridized carbons (Fsp3) is 0.412. The van der Waals surface area contributed by atoms with E-state index in [0.717, 1.165) is 84.3 Å². The van der Waals surface area contributed by atoms with Gasteiger partial charge in [-0.25, -0.2) is 18.2 Å². The molecule has 10 rings (SSSR count). The van der Waals surface area contributed by atoms with Gasteiger partial charge in [0.15, 0.2) is 5.82 Å². The van der Waals surface area contributed by atoms with Gasteiger partial charge in [0.05, 0.1) is 11.3 Å². The number of benzene rings is 3. The quantitative estimate of drug-likeness (QED) is 0.0948. The molecule has 18 heteroatoms. The van der Waals surface area contributed by atoms with Crippen LogP contribution >= 0.6 is 0 Å². The van der Waals surface area contributed by atoms with Gasteiger partial charge in [0.25, 0.3) is 5.91 Å². The number of nitrogens with one attached hydrogen (secondary N) is 3. The summed E-state index contributed by atoms with van der Waals surface area (Å²) in [5.74, 6) is -2.53. The van der Waals surface area contributed by atoms with Crippen molar-refractivity contribution in [3.8, 4) is 16.9 Å². The van der Waals surface area contributed by atoms with E-state index < -0.39 is 51.1 Å². The van der Waals surface area contributed by atoms with E-state index in [2.05, 4.69) is 57.6 Å². The van der Waals surface area contributed by atoms with E-state index in [1.165, 1.54) is 6.20 Å². The monoisotopic (exact) mass is 964 g/mol. The fourth-order valence-corrected chi connectivity index (χ4v) is 11.8. The Morgan fingerprint density at radius 2 is 1.75 bits per heavy atom. The van der Waals surface area contributed by atoms with Gasteiger partial charge in [-0.3, -0.25) is 24.0 Å². The number of pyridine rings is 1. The lowest BCUT2D eigenvalue weighted by Crippen LogP contribution is -2.53. The van der Waals surface area contributed by atoms with Crippen molar-refractivity contribution >= 4 is 50.2 Å². The molecule has 3 N–H and O–H groups in total. The average Bonchev–Trinajstić information content (AvgIpc) is 4.04.